The number of amides is 2. The Morgan fingerprint density at radius 3 is 2.06 bits per heavy atom. The Balaban J connectivity index is 2.48. The van der Waals surface area contributed by atoms with Crippen molar-refractivity contribution in [3.8, 4) is 0 Å². The van der Waals surface area contributed by atoms with Crippen LogP contribution in [0.1, 0.15) is 25.8 Å². The number of hydrogen-bond donors (Lipinski definition) is 1. The number of nitrogens with zero attached hydrogens (tertiary/aromatic N) is 2. The number of halogens is 3. The van der Waals surface area contributed by atoms with Crippen LogP contribution in [0.15, 0.2) is 42.5 Å². The van der Waals surface area contributed by atoms with E-state index in [0.717, 1.165) is 10.6 Å². The summed E-state index contributed by atoms with van der Waals surface area (Å²) < 4.78 is 26.0. The van der Waals surface area contributed by atoms with Gasteiger partial charge in [-0.2, -0.15) is 0 Å². The van der Waals surface area contributed by atoms with Gasteiger partial charge in [-0.3, -0.25) is 13.9 Å². The molecule has 0 aliphatic heterocycles. The van der Waals surface area contributed by atoms with Crippen molar-refractivity contribution in [2.24, 2.45) is 0 Å². The molecule has 1 atom stereocenters. The van der Waals surface area contributed by atoms with Gasteiger partial charge in [0.05, 0.1) is 11.9 Å². The van der Waals surface area contributed by atoms with Crippen LogP contribution in [0.4, 0.5) is 5.69 Å². The molecule has 1 N–H and O–H groups in total. The molecule has 0 spiro atoms. The summed E-state index contributed by atoms with van der Waals surface area (Å²) in [4.78, 5) is 27.6. The largest absolute Gasteiger partial charge is 0.355 e. The fourth-order valence-corrected chi connectivity index (χ4v) is 4.78. The van der Waals surface area contributed by atoms with E-state index in [1.807, 2.05) is 0 Å². The standard InChI is InChI=1S/C22H26Cl3N3O4S/c1-4-20(22(30)26-5-2)27(13-17-18(24)7-6-8-19(17)25)21(29)14-28(33(3,31)32)16-11-9-15(23)10-12-16/h6-12,20H,4-5,13-14H2,1-3H3,(H,26,30). The van der Waals surface area contributed by atoms with Crippen LogP contribution in [0.25, 0.3) is 0 Å². The monoisotopic (exact) mass is 533 g/mol. The molecule has 2 rings (SSSR count). The molecule has 1 unspecified atom stereocenters. The third-order valence-electron chi connectivity index (χ3n) is 4.92. The summed E-state index contributed by atoms with van der Waals surface area (Å²) in [6.07, 6.45) is 1.31. The van der Waals surface area contributed by atoms with Gasteiger partial charge < -0.3 is 10.2 Å². The maximum Gasteiger partial charge on any atom is 0.244 e. The number of anilines is 1. The molecule has 0 saturated carbocycles. The molecule has 0 heterocycles. The van der Waals surface area contributed by atoms with Crippen molar-refractivity contribution in [3.05, 3.63) is 63.1 Å². The zero-order valence-corrected chi connectivity index (χ0v) is 21.6. The lowest BCUT2D eigenvalue weighted by atomic mass is 10.1. The number of nitrogens with one attached hydrogen (secondary N) is 1. The average molecular weight is 535 g/mol. The minimum absolute atomic E-state index is 0.0643. The Morgan fingerprint density at radius 1 is 1.00 bits per heavy atom. The molecule has 11 heteroatoms. The van der Waals surface area contributed by atoms with Crippen molar-refractivity contribution in [2.75, 3.05) is 23.7 Å². The molecule has 180 valence electrons. The van der Waals surface area contributed by atoms with E-state index < -0.39 is 28.5 Å². The van der Waals surface area contributed by atoms with Gasteiger partial charge in [0.15, 0.2) is 0 Å². The first-order valence-electron chi connectivity index (χ1n) is 10.2. The van der Waals surface area contributed by atoms with Crippen LogP contribution in [0.5, 0.6) is 0 Å². The SMILES string of the molecule is CCNC(=O)C(CC)N(Cc1c(Cl)cccc1Cl)C(=O)CN(c1ccc(Cl)cc1)S(C)(=O)=O. The molecule has 0 bridgehead atoms. The van der Waals surface area contributed by atoms with E-state index in [9.17, 15) is 18.0 Å². The zero-order chi connectivity index (χ0) is 24.8. The van der Waals surface area contributed by atoms with Crippen LogP contribution in [-0.4, -0.2) is 50.5 Å². The second kappa shape index (κ2) is 11.9. The first kappa shape index (κ1) is 27.2. The molecule has 0 fully saturated rings. The minimum Gasteiger partial charge on any atom is -0.355 e. The maximum absolute atomic E-state index is 13.5. The van der Waals surface area contributed by atoms with E-state index in [-0.39, 0.29) is 18.1 Å². The highest BCUT2D eigenvalue weighted by Crippen LogP contribution is 2.28. The lowest BCUT2D eigenvalue weighted by Gasteiger charge is -2.33. The number of carbonyl (C=O) groups is 2. The Kier molecular flexibility index (Phi) is 9.84. The number of hydrogen-bond acceptors (Lipinski definition) is 4. The Hall–Kier alpha value is -2.00. The van der Waals surface area contributed by atoms with Gasteiger partial charge in [0.1, 0.15) is 12.6 Å². The molecule has 33 heavy (non-hydrogen) atoms. The number of carbonyl (C=O) groups excluding carboxylic acids is 2. The first-order chi connectivity index (χ1) is 15.5. The summed E-state index contributed by atoms with van der Waals surface area (Å²) in [7, 11) is -3.82. The Bertz CT molecular complexity index is 1070. The summed E-state index contributed by atoms with van der Waals surface area (Å²) in [5.41, 5.74) is 0.742. The van der Waals surface area contributed by atoms with Crippen LogP contribution < -0.4 is 9.62 Å². The van der Waals surface area contributed by atoms with E-state index in [2.05, 4.69) is 5.32 Å². The lowest BCUT2D eigenvalue weighted by Crippen LogP contribution is -2.52. The molecule has 0 radical (unpaired) electrons. The first-order valence-corrected chi connectivity index (χ1v) is 13.2. The van der Waals surface area contributed by atoms with Crippen LogP contribution >= 0.6 is 34.8 Å². The third kappa shape index (κ3) is 7.24. The number of benzene rings is 2. The van der Waals surface area contributed by atoms with Crippen molar-refractivity contribution < 1.29 is 18.0 Å². The Labute approximate surface area is 209 Å². The number of sulfonamides is 1. The van der Waals surface area contributed by atoms with Gasteiger partial charge in [-0.15, -0.1) is 0 Å². The highest BCUT2D eigenvalue weighted by molar-refractivity contribution is 7.92. The van der Waals surface area contributed by atoms with Gasteiger partial charge >= 0.3 is 0 Å². The maximum atomic E-state index is 13.5. The van der Waals surface area contributed by atoms with Crippen LogP contribution in [-0.2, 0) is 26.2 Å². The van der Waals surface area contributed by atoms with E-state index >= 15 is 0 Å². The van der Waals surface area contributed by atoms with Crippen molar-refractivity contribution in [1.29, 1.82) is 0 Å². The molecule has 0 saturated heterocycles. The Morgan fingerprint density at radius 2 is 1.58 bits per heavy atom. The number of rotatable bonds is 10. The summed E-state index contributed by atoms with van der Waals surface area (Å²) in [5, 5.41) is 3.82. The lowest BCUT2D eigenvalue weighted by molar-refractivity contribution is -0.140. The van der Waals surface area contributed by atoms with Crippen molar-refractivity contribution >= 4 is 62.3 Å². The van der Waals surface area contributed by atoms with Crippen LogP contribution in [0, 0.1) is 0 Å². The summed E-state index contributed by atoms with van der Waals surface area (Å²) >= 11 is 18.5. The van der Waals surface area contributed by atoms with Crippen molar-refractivity contribution in [3.63, 3.8) is 0 Å². The van der Waals surface area contributed by atoms with Crippen molar-refractivity contribution in [1.82, 2.24) is 10.2 Å². The van der Waals surface area contributed by atoms with Crippen molar-refractivity contribution in [2.45, 2.75) is 32.9 Å². The quantitative estimate of drug-likeness (QED) is 0.491. The predicted octanol–water partition coefficient (Wildman–Crippen LogP) is 4.36. The summed E-state index contributed by atoms with van der Waals surface area (Å²) in [6.45, 7) is 3.34. The zero-order valence-electron chi connectivity index (χ0n) is 18.5. The molecule has 2 aromatic carbocycles. The normalized spacial score (nSPS) is 12.2. The second-order valence-electron chi connectivity index (χ2n) is 7.29. The third-order valence-corrected chi connectivity index (χ3v) is 7.02. The van der Waals surface area contributed by atoms with E-state index in [1.165, 1.54) is 29.2 Å². The summed E-state index contributed by atoms with van der Waals surface area (Å²) in [6, 6.07) is 10.2. The second-order valence-corrected chi connectivity index (χ2v) is 10.4. The van der Waals surface area contributed by atoms with Crippen LogP contribution in [0.2, 0.25) is 15.1 Å². The molecular formula is C22H26Cl3N3O4S. The fourth-order valence-electron chi connectivity index (χ4n) is 3.29. The van der Waals surface area contributed by atoms with E-state index in [0.29, 0.717) is 33.6 Å². The fraction of sp³-hybridized carbons (Fsp3) is 0.364. The summed E-state index contributed by atoms with van der Waals surface area (Å²) in [5.74, 6) is -0.932. The molecular weight excluding hydrogens is 509 g/mol. The predicted molar refractivity (Wildman–Crippen MR) is 133 cm³/mol. The molecule has 0 aliphatic rings. The van der Waals surface area contributed by atoms with Gasteiger partial charge in [0.25, 0.3) is 0 Å². The van der Waals surface area contributed by atoms with Gasteiger partial charge in [-0.05, 0) is 49.7 Å². The van der Waals surface area contributed by atoms with Gasteiger partial charge in [0.2, 0.25) is 21.8 Å². The van der Waals surface area contributed by atoms with Crippen LogP contribution in [0.3, 0.4) is 0 Å². The highest BCUT2D eigenvalue weighted by Gasteiger charge is 2.32. The minimum atomic E-state index is -3.82. The topological polar surface area (TPSA) is 86.8 Å². The molecule has 2 aromatic rings. The van der Waals surface area contributed by atoms with Gasteiger partial charge in [0, 0.05) is 33.7 Å². The van der Waals surface area contributed by atoms with E-state index in [1.54, 1.807) is 32.0 Å². The van der Waals surface area contributed by atoms with Gasteiger partial charge in [-0.25, -0.2) is 8.42 Å². The highest BCUT2D eigenvalue weighted by atomic mass is 35.5. The van der Waals surface area contributed by atoms with E-state index in [4.69, 9.17) is 34.8 Å². The molecule has 0 aromatic heterocycles. The smallest absolute Gasteiger partial charge is 0.244 e. The molecule has 2 amide bonds. The molecule has 7 nitrogen and oxygen atoms in total. The van der Waals surface area contributed by atoms with Gasteiger partial charge in [-0.1, -0.05) is 47.8 Å². The molecule has 0 aliphatic carbocycles. The average Bonchev–Trinajstić information content (AvgIpc) is 2.74. The number of likely N-dealkylation sites (N-methyl/N-ethyl adjacent to an activating group) is 1.